The number of aliphatic hydroxyl groups is 2. The molecule has 214 valence electrons. The number of amides is 1. The average molecular weight is 544 g/mol. The summed E-state index contributed by atoms with van der Waals surface area (Å²) < 4.78 is 10.7. The lowest BCUT2D eigenvalue weighted by Crippen LogP contribution is -2.61. The van der Waals surface area contributed by atoms with Gasteiger partial charge in [-0.1, -0.05) is 25.5 Å². The number of esters is 1. The molecule has 4 unspecified atom stereocenters. The summed E-state index contributed by atoms with van der Waals surface area (Å²) in [6, 6.07) is 0. The van der Waals surface area contributed by atoms with Crippen molar-refractivity contribution >= 4 is 23.4 Å². The van der Waals surface area contributed by atoms with Gasteiger partial charge in [-0.05, 0) is 68.9 Å². The molecular formula is C30H41NO8. The Balaban J connectivity index is 1.18. The van der Waals surface area contributed by atoms with Gasteiger partial charge >= 0.3 is 5.97 Å². The molecule has 8 atom stereocenters. The van der Waals surface area contributed by atoms with Gasteiger partial charge in [0.05, 0.1) is 18.6 Å². The molecule has 4 fully saturated rings. The summed E-state index contributed by atoms with van der Waals surface area (Å²) in [5.74, 6) is -1.50. The molecule has 4 aliphatic carbocycles. The van der Waals surface area contributed by atoms with E-state index in [0.717, 1.165) is 31.3 Å². The maximum Gasteiger partial charge on any atom is 0.306 e. The van der Waals surface area contributed by atoms with E-state index >= 15 is 0 Å². The topological polar surface area (TPSA) is 139 Å². The first kappa shape index (κ1) is 28.2. The number of Topliss-reactive ketones (excluding diaryl/α,β-unsaturated/α-hetero) is 1. The Labute approximate surface area is 229 Å². The van der Waals surface area contributed by atoms with Gasteiger partial charge in [0.15, 0.2) is 12.4 Å². The highest BCUT2D eigenvalue weighted by molar-refractivity contribution is 6.01. The third-order valence-corrected chi connectivity index (χ3v) is 10.6. The standard InChI is InChI=1S/C30H41NO8/c1-28-11-9-19(32)14-18(28)5-6-21-22-10-12-30(37,29(22,2)15-23(33)27(21)28)24(34)17-39-26(36)8-7-25(35)31-16-20-4-3-13-38-20/h9,11,14,20-23,27,33,37H,3-8,10,12-13,15-17H2,1-2H3,(H,31,35)/t20?,21-,22?,23?,27?,28-,29-,30-/m1/s1. The van der Waals surface area contributed by atoms with Crippen LogP contribution >= 0.6 is 0 Å². The Morgan fingerprint density at radius 1 is 1.18 bits per heavy atom. The van der Waals surface area contributed by atoms with E-state index in [0.29, 0.717) is 19.6 Å². The van der Waals surface area contributed by atoms with Crippen molar-refractivity contribution in [2.24, 2.45) is 28.6 Å². The van der Waals surface area contributed by atoms with Gasteiger partial charge in [-0.25, -0.2) is 0 Å². The zero-order valence-electron chi connectivity index (χ0n) is 22.9. The Bertz CT molecular complexity index is 1090. The van der Waals surface area contributed by atoms with E-state index in [4.69, 9.17) is 9.47 Å². The van der Waals surface area contributed by atoms with Crippen LogP contribution in [0.3, 0.4) is 0 Å². The quantitative estimate of drug-likeness (QED) is 0.396. The van der Waals surface area contributed by atoms with E-state index in [1.165, 1.54) is 0 Å². The summed E-state index contributed by atoms with van der Waals surface area (Å²) in [4.78, 5) is 49.7. The Kier molecular flexibility index (Phi) is 7.63. The second-order valence-corrected chi connectivity index (χ2v) is 12.6. The highest BCUT2D eigenvalue weighted by Gasteiger charge is 2.68. The molecule has 1 heterocycles. The van der Waals surface area contributed by atoms with E-state index in [1.807, 2.05) is 13.0 Å². The van der Waals surface area contributed by atoms with Crippen molar-refractivity contribution in [3.63, 3.8) is 0 Å². The summed E-state index contributed by atoms with van der Waals surface area (Å²) in [6.07, 6.45) is 8.84. The van der Waals surface area contributed by atoms with E-state index < -0.39 is 40.9 Å². The number of allylic oxidation sites excluding steroid dienone is 4. The van der Waals surface area contributed by atoms with Crippen LogP contribution in [0.5, 0.6) is 0 Å². The number of rotatable bonds is 8. The number of hydrogen-bond donors (Lipinski definition) is 3. The Hall–Kier alpha value is -2.36. The molecule has 0 radical (unpaired) electrons. The number of ether oxygens (including phenoxy) is 2. The number of carbonyl (C=O) groups is 4. The minimum absolute atomic E-state index is 0.0165. The minimum Gasteiger partial charge on any atom is -0.458 e. The zero-order chi connectivity index (χ0) is 28.0. The molecular weight excluding hydrogens is 502 g/mol. The molecule has 39 heavy (non-hydrogen) atoms. The van der Waals surface area contributed by atoms with Crippen molar-refractivity contribution in [2.75, 3.05) is 19.8 Å². The summed E-state index contributed by atoms with van der Waals surface area (Å²) in [6.45, 7) is 4.52. The van der Waals surface area contributed by atoms with Crippen LogP contribution in [0, 0.1) is 28.6 Å². The van der Waals surface area contributed by atoms with Gasteiger partial charge in [-0.2, -0.15) is 0 Å². The van der Waals surface area contributed by atoms with Crippen LogP contribution < -0.4 is 5.32 Å². The lowest BCUT2D eigenvalue weighted by atomic mass is 9.46. The molecule has 5 rings (SSSR count). The minimum atomic E-state index is -1.71. The van der Waals surface area contributed by atoms with Gasteiger partial charge in [0, 0.05) is 36.3 Å². The van der Waals surface area contributed by atoms with Crippen LogP contribution in [0.15, 0.2) is 23.8 Å². The second kappa shape index (κ2) is 10.6. The van der Waals surface area contributed by atoms with Crippen LogP contribution in [-0.4, -0.2) is 71.2 Å². The number of fused-ring (bicyclic) bond motifs is 5. The van der Waals surface area contributed by atoms with E-state index in [-0.39, 0.29) is 61.2 Å². The number of nitrogens with one attached hydrogen (secondary N) is 1. The molecule has 1 saturated heterocycles. The molecule has 3 saturated carbocycles. The monoisotopic (exact) mass is 543 g/mol. The van der Waals surface area contributed by atoms with Gasteiger partial charge in [0.1, 0.15) is 5.60 Å². The van der Waals surface area contributed by atoms with Gasteiger partial charge in [0.2, 0.25) is 11.7 Å². The first-order valence-corrected chi connectivity index (χ1v) is 14.4. The molecule has 0 spiro atoms. The van der Waals surface area contributed by atoms with Crippen molar-refractivity contribution in [1.29, 1.82) is 0 Å². The van der Waals surface area contributed by atoms with Gasteiger partial charge in [-0.3, -0.25) is 19.2 Å². The number of ketones is 2. The first-order chi connectivity index (χ1) is 18.5. The summed E-state index contributed by atoms with van der Waals surface area (Å²) in [5, 5.41) is 26.0. The third kappa shape index (κ3) is 4.91. The van der Waals surface area contributed by atoms with Crippen LogP contribution in [-0.2, 0) is 28.7 Å². The highest BCUT2D eigenvalue weighted by Crippen LogP contribution is 2.67. The number of hydrogen-bond acceptors (Lipinski definition) is 8. The fourth-order valence-electron chi connectivity index (χ4n) is 8.46. The van der Waals surface area contributed by atoms with E-state index in [2.05, 4.69) is 12.2 Å². The lowest BCUT2D eigenvalue weighted by molar-refractivity contribution is -0.181. The van der Waals surface area contributed by atoms with Crippen molar-refractivity contribution < 1.29 is 38.9 Å². The summed E-state index contributed by atoms with van der Waals surface area (Å²) in [5.41, 5.74) is -1.94. The molecule has 5 aliphatic rings. The van der Waals surface area contributed by atoms with Crippen molar-refractivity contribution in [1.82, 2.24) is 5.32 Å². The molecule has 1 amide bonds. The predicted molar refractivity (Wildman–Crippen MR) is 140 cm³/mol. The molecule has 0 bridgehead atoms. The van der Waals surface area contributed by atoms with Crippen LogP contribution in [0.1, 0.15) is 71.6 Å². The molecule has 0 aromatic rings. The van der Waals surface area contributed by atoms with Crippen molar-refractivity contribution in [3.05, 3.63) is 23.8 Å². The zero-order valence-corrected chi connectivity index (χ0v) is 22.9. The third-order valence-electron chi connectivity index (χ3n) is 10.6. The smallest absolute Gasteiger partial charge is 0.306 e. The molecule has 9 nitrogen and oxygen atoms in total. The normalized spacial score (nSPS) is 40.8. The van der Waals surface area contributed by atoms with Gasteiger partial charge in [-0.15, -0.1) is 0 Å². The highest BCUT2D eigenvalue weighted by atomic mass is 16.5. The second-order valence-electron chi connectivity index (χ2n) is 12.6. The Morgan fingerprint density at radius 2 is 1.97 bits per heavy atom. The number of carbonyl (C=O) groups excluding carboxylic acids is 4. The Morgan fingerprint density at radius 3 is 2.72 bits per heavy atom. The molecule has 0 aromatic carbocycles. The molecule has 1 aliphatic heterocycles. The summed E-state index contributed by atoms with van der Waals surface area (Å²) in [7, 11) is 0. The SMILES string of the molecule is C[C@@]12C=CC(=O)C=C1CC[C@H]1C2C(O)C[C@]2(C)C1CC[C@@]2(O)C(=O)COC(=O)CCC(=O)NCC1CCCO1. The fourth-order valence-corrected chi connectivity index (χ4v) is 8.46. The number of aliphatic hydroxyl groups excluding tert-OH is 1. The fraction of sp³-hybridized carbons (Fsp3) is 0.733. The van der Waals surface area contributed by atoms with E-state index in [1.54, 1.807) is 12.2 Å². The first-order valence-electron chi connectivity index (χ1n) is 14.4. The molecule has 9 heteroatoms. The summed E-state index contributed by atoms with van der Waals surface area (Å²) >= 11 is 0. The van der Waals surface area contributed by atoms with Crippen LogP contribution in [0.2, 0.25) is 0 Å². The maximum atomic E-state index is 13.4. The lowest BCUT2D eigenvalue weighted by Gasteiger charge is -2.59. The van der Waals surface area contributed by atoms with Crippen LogP contribution in [0.4, 0.5) is 0 Å². The molecule has 3 N–H and O–H groups in total. The van der Waals surface area contributed by atoms with Crippen molar-refractivity contribution in [3.8, 4) is 0 Å². The predicted octanol–water partition coefficient (Wildman–Crippen LogP) is 2.18. The average Bonchev–Trinajstić information content (AvgIpc) is 3.51. The molecule has 0 aromatic heterocycles. The van der Waals surface area contributed by atoms with Crippen LogP contribution in [0.25, 0.3) is 0 Å². The van der Waals surface area contributed by atoms with E-state index in [9.17, 15) is 29.4 Å². The largest absolute Gasteiger partial charge is 0.458 e. The van der Waals surface area contributed by atoms with Gasteiger partial charge in [0.25, 0.3) is 0 Å². The van der Waals surface area contributed by atoms with Crippen molar-refractivity contribution in [2.45, 2.75) is 89.4 Å². The maximum absolute atomic E-state index is 13.4. The van der Waals surface area contributed by atoms with Gasteiger partial charge < -0.3 is 25.0 Å².